The van der Waals surface area contributed by atoms with Crippen LogP contribution in [0.3, 0.4) is 0 Å². The lowest BCUT2D eigenvalue weighted by atomic mass is 10.1. The van der Waals surface area contributed by atoms with Gasteiger partial charge in [0.1, 0.15) is 0 Å². The zero-order chi connectivity index (χ0) is 17.8. The first-order valence-electron chi connectivity index (χ1n) is 8.66. The number of amides is 1. The van der Waals surface area contributed by atoms with E-state index in [-0.39, 0.29) is 5.91 Å². The van der Waals surface area contributed by atoms with Crippen molar-refractivity contribution in [3.8, 4) is 11.3 Å². The lowest BCUT2D eigenvalue weighted by molar-refractivity contribution is 0.0946. The van der Waals surface area contributed by atoms with Gasteiger partial charge in [-0.1, -0.05) is 48.6 Å². The molecule has 3 aromatic rings. The number of allylic oxidation sites excluding steroid dienone is 2. The van der Waals surface area contributed by atoms with Gasteiger partial charge in [-0.3, -0.25) is 9.78 Å². The Labute approximate surface area is 152 Å². The third-order valence-electron chi connectivity index (χ3n) is 4.36. The fourth-order valence-corrected chi connectivity index (χ4v) is 3.04. The van der Waals surface area contributed by atoms with Gasteiger partial charge >= 0.3 is 0 Å². The average molecular weight is 341 g/mol. The van der Waals surface area contributed by atoms with Crippen molar-refractivity contribution in [1.29, 1.82) is 0 Å². The molecular weight excluding hydrogens is 322 g/mol. The van der Waals surface area contributed by atoms with Crippen molar-refractivity contribution in [3.63, 3.8) is 0 Å². The van der Waals surface area contributed by atoms with Gasteiger partial charge in [0, 0.05) is 36.1 Å². The van der Waals surface area contributed by atoms with Crippen molar-refractivity contribution in [2.75, 3.05) is 6.54 Å². The Bertz CT molecular complexity index is 984. The number of nitrogens with one attached hydrogen (secondary N) is 2. The van der Waals surface area contributed by atoms with E-state index in [1.165, 1.54) is 0 Å². The molecule has 128 valence electrons. The predicted molar refractivity (Wildman–Crippen MR) is 105 cm³/mol. The fourth-order valence-electron chi connectivity index (χ4n) is 3.04. The minimum atomic E-state index is -0.00558. The van der Waals surface area contributed by atoms with E-state index >= 15 is 0 Å². The normalized spacial score (nSPS) is 13.9. The summed E-state index contributed by atoms with van der Waals surface area (Å²) in [5.41, 5.74) is 5.75. The molecule has 2 N–H and O–H groups in total. The first-order valence-corrected chi connectivity index (χ1v) is 8.66. The molecule has 1 amide bonds. The monoisotopic (exact) mass is 341 g/mol. The van der Waals surface area contributed by atoms with Gasteiger partial charge in [-0.25, -0.2) is 0 Å². The highest BCUT2D eigenvalue weighted by atomic mass is 16.1. The van der Waals surface area contributed by atoms with Crippen LogP contribution in [0.1, 0.15) is 27.3 Å². The molecule has 0 fully saturated rings. The molecule has 0 saturated carbocycles. The van der Waals surface area contributed by atoms with Gasteiger partial charge in [-0.15, -0.1) is 0 Å². The lowest BCUT2D eigenvalue weighted by Crippen LogP contribution is -2.31. The van der Waals surface area contributed by atoms with Crippen molar-refractivity contribution in [1.82, 2.24) is 15.3 Å². The molecule has 4 rings (SSSR count). The van der Waals surface area contributed by atoms with Crippen molar-refractivity contribution < 1.29 is 4.79 Å². The molecule has 0 atom stereocenters. The molecule has 3 heterocycles. The Morgan fingerprint density at radius 2 is 1.85 bits per heavy atom. The summed E-state index contributed by atoms with van der Waals surface area (Å²) in [6, 6.07) is 16.1. The van der Waals surface area contributed by atoms with Gasteiger partial charge in [-0.05, 0) is 29.8 Å². The smallest absolute Gasteiger partial charge is 0.253 e. The van der Waals surface area contributed by atoms with Crippen molar-refractivity contribution in [2.45, 2.75) is 6.42 Å². The number of pyridine rings is 1. The van der Waals surface area contributed by atoms with Gasteiger partial charge < -0.3 is 10.3 Å². The van der Waals surface area contributed by atoms with Gasteiger partial charge in [0.2, 0.25) is 0 Å². The van der Waals surface area contributed by atoms with Gasteiger partial charge in [-0.2, -0.15) is 0 Å². The highest BCUT2D eigenvalue weighted by Gasteiger charge is 2.19. The SMILES string of the molecule is O=C1NCCc2[nH]c(-c3ccnc(/C=C/C=C/c4ccccc4)c3)cc21. The summed E-state index contributed by atoms with van der Waals surface area (Å²) in [5.74, 6) is -0.00558. The van der Waals surface area contributed by atoms with Crippen molar-refractivity contribution >= 4 is 18.1 Å². The van der Waals surface area contributed by atoms with E-state index < -0.39 is 0 Å². The number of benzene rings is 1. The van der Waals surface area contributed by atoms with Crippen molar-refractivity contribution in [3.05, 3.63) is 89.4 Å². The number of fused-ring (bicyclic) bond motifs is 1. The molecule has 26 heavy (non-hydrogen) atoms. The molecule has 0 aliphatic carbocycles. The second kappa shape index (κ2) is 7.23. The van der Waals surface area contributed by atoms with Crippen LogP contribution in [0.15, 0.2) is 66.9 Å². The third-order valence-corrected chi connectivity index (χ3v) is 4.36. The molecule has 2 aromatic heterocycles. The molecule has 4 heteroatoms. The summed E-state index contributed by atoms with van der Waals surface area (Å²) in [5, 5.41) is 2.87. The molecule has 0 saturated heterocycles. The predicted octanol–water partition coefficient (Wildman–Crippen LogP) is 4.09. The number of carbonyl (C=O) groups excluding carboxylic acids is 1. The summed E-state index contributed by atoms with van der Waals surface area (Å²) in [7, 11) is 0. The number of nitrogens with zero attached hydrogens (tertiary/aromatic N) is 1. The molecule has 0 bridgehead atoms. The summed E-state index contributed by atoms with van der Waals surface area (Å²) in [6.07, 6.45) is 10.6. The zero-order valence-corrected chi connectivity index (χ0v) is 14.3. The highest BCUT2D eigenvalue weighted by molar-refractivity contribution is 5.97. The van der Waals surface area contributed by atoms with Crippen molar-refractivity contribution in [2.24, 2.45) is 0 Å². The molecule has 1 aliphatic rings. The fraction of sp³-hybridized carbons (Fsp3) is 0.0909. The van der Waals surface area contributed by atoms with Crippen LogP contribution >= 0.6 is 0 Å². The van der Waals surface area contributed by atoms with Crippen LogP contribution in [0, 0.1) is 0 Å². The van der Waals surface area contributed by atoms with Crippen LogP contribution in [-0.4, -0.2) is 22.4 Å². The van der Waals surface area contributed by atoms with E-state index in [0.717, 1.165) is 40.2 Å². The van der Waals surface area contributed by atoms with Crippen LogP contribution in [0.4, 0.5) is 0 Å². The first-order chi connectivity index (χ1) is 12.8. The quantitative estimate of drug-likeness (QED) is 0.702. The molecule has 0 spiro atoms. The standard InChI is InChI=1S/C22H19N3O/c26-22-19-15-21(25-20(19)11-13-24-22)17-10-12-23-18(14-17)9-5-4-8-16-6-2-1-3-7-16/h1-10,12,14-15,25H,11,13H2,(H,24,26)/b8-4+,9-5+. The number of carbonyl (C=O) groups is 1. The molecule has 0 unspecified atom stereocenters. The van der Waals surface area contributed by atoms with Crippen LogP contribution in [0.25, 0.3) is 23.4 Å². The average Bonchev–Trinajstić information content (AvgIpc) is 3.12. The maximum atomic E-state index is 11.9. The summed E-state index contributed by atoms with van der Waals surface area (Å²) in [4.78, 5) is 19.7. The molecular formula is C22H19N3O. The summed E-state index contributed by atoms with van der Waals surface area (Å²) in [6.45, 7) is 0.684. The Balaban J connectivity index is 1.53. The van der Waals surface area contributed by atoms with Gasteiger partial charge in [0.05, 0.1) is 11.3 Å². The van der Waals surface area contributed by atoms with Gasteiger partial charge in [0.25, 0.3) is 5.91 Å². The lowest BCUT2D eigenvalue weighted by Gasteiger charge is -2.10. The highest BCUT2D eigenvalue weighted by Crippen LogP contribution is 2.24. The van der Waals surface area contributed by atoms with Crippen LogP contribution < -0.4 is 5.32 Å². The summed E-state index contributed by atoms with van der Waals surface area (Å²) >= 11 is 0. The number of aromatic nitrogens is 2. The second-order valence-electron chi connectivity index (χ2n) is 6.18. The van der Waals surface area contributed by atoms with Crippen LogP contribution in [0.5, 0.6) is 0 Å². The summed E-state index contributed by atoms with van der Waals surface area (Å²) < 4.78 is 0. The van der Waals surface area contributed by atoms with E-state index in [0.29, 0.717) is 6.54 Å². The minimum Gasteiger partial charge on any atom is -0.358 e. The molecule has 0 radical (unpaired) electrons. The largest absolute Gasteiger partial charge is 0.358 e. The van der Waals surface area contributed by atoms with Crippen LogP contribution in [0.2, 0.25) is 0 Å². The van der Waals surface area contributed by atoms with E-state index in [1.807, 2.05) is 54.6 Å². The maximum absolute atomic E-state index is 11.9. The Hall–Kier alpha value is -3.40. The van der Waals surface area contributed by atoms with E-state index in [4.69, 9.17) is 0 Å². The van der Waals surface area contributed by atoms with E-state index in [2.05, 4.69) is 33.5 Å². The minimum absolute atomic E-state index is 0.00558. The number of hydrogen-bond donors (Lipinski definition) is 2. The topological polar surface area (TPSA) is 57.8 Å². The number of rotatable bonds is 4. The maximum Gasteiger partial charge on any atom is 0.253 e. The number of hydrogen-bond acceptors (Lipinski definition) is 2. The first kappa shape index (κ1) is 16.1. The third kappa shape index (κ3) is 3.49. The zero-order valence-electron chi connectivity index (χ0n) is 14.3. The number of H-pyrrole nitrogens is 1. The molecule has 4 nitrogen and oxygen atoms in total. The Morgan fingerprint density at radius 1 is 1.00 bits per heavy atom. The van der Waals surface area contributed by atoms with Crippen LogP contribution in [-0.2, 0) is 6.42 Å². The number of aromatic amines is 1. The van der Waals surface area contributed by atoms with Gasteiger partial charge in [0.15, 0.2) is 0 Å². The molecule has 1 aliphatic heterocycles. The molecule has 1 aromatic carbocycles. The second-order valence-corrected chi connectivity index (χ2v) is 6.18. The van der Waals surface area contributed by atoms with E-state index in [1.54, 1.807) is 6.20 Å². The van der Waals surface area contributed by atoms with E-state index in [9.17, 15) is 4.79 Å². The Morgan fingerprint density at radius 3 is 2.69 bits per heavy atom. The Kier molecular flexibility index (Phi) is 4.48.